The molecule has 0 aliphatic rings. The first-order valence-corrected chi connectivity index (χ1v) is 9.99. The molecule has 6 heteroatoms. The number of anilines is 1. The number of rotatable bonds is 7. The molecule has 0 fully saturated rings. The number of benzene rings is 2. The van der Waals surface area contributed by atoms with E-state index < -0.39 is 0 Å². The predicted octanol–water partition coefficient (Wildman–Crippen LogP) is 4.58. The number of aryl methyl sites for hydroxylation is 1. The van der Waals surface area contributed by atoms with Crippen molar-refractivity contribution in [1.82, 2.24) is 14.8 Å². The second-order valence-electron chi connectivity index (χ2n) is 6.57. The van der Waals surface area contributed by atoms with Crippen LogP contribution >= 0.6 is 11.8 Å². The summed E-state index contributed by atoms with van der Waals surface area (Å²) in [6, 6.07) is 17.8. The Morgan fingerprint density at radius 2 is 1.96 bits per heavy atom. The number of carbonyl (C=O) groups is 1. The summed E-state index contributed by atoms with van der Waals surface area (Å²) in [5, 5.41) is 9.14. The van der Waals surface area contributed by atoms with Gasteiger partial charge < -0.3 is 4.90 Å². The van der Waals surface area contributed by atoms with Crippen molar-refractivity contribution >= 4 is 23.4 Å². The average molecular weight is 393 g/mol. The van der Waals surface area contributed by atoms with Gasteiger partial charge in [-0.05, 0) is 32.0 Å². The van der Waals surface area contributed by atoms with Crippen molar-refractivity contribution in [2.24, 2.45) is 0 Å². The molecule has 0 aliphatic carbocycles. The molecule has 5 nitrogen and oxygen atoms in total. The molecule has 1 heterocycles. The Morgan fingerprint density at radius 3 is 2.64 bits per heavy atom. The van der Waals surface area contributed by atoms with Crippen LogP contribution in [0.3, 0.4) is 0 Å². The van der Waals surface area contributed by atoms with Gasteiger partial charge in [0.1, 0.15) is 0 Å². The largest absolute Gasteiger partial charge is 0.315 e. The van der Waals surface area contributed by atoms with Gasteiger partial charge in [-0.15, -0.1) is 16.8 Å². The van der Waals surface area contributed by atoms with Crippen LogP contribution in [-0.4, -0.2) is 33.0 Å². The Balaban J connectivity index is 1.83. The molecule has 1 unspecified atom stereocenters. The number of aromatic nitrogens is 3. The average Bonchev–Trinajstić information content (AvgIpc) is 3.10. The number of para-hydroxylation sites is 1. The minimum Gasteiger partial charge on any atom is -0.315 e. The molecule has 144 valence electrons. The van der Waals surface area contributed by atoms with Crippen molar-refractivity contribution in [3.63, 3.8) is 0 Å². The maximum Gasteiger partial charge on any atom is 0.240 e. The summed E-state index contributed by atoms with van der Waals surface area (Å²) in [4.78, 5) is 14.5. The first kappa shape index (κ1) is 19.9. The van der Waals surface area contributed by atoms with Crippen molar-refractivity contribution in [1.29, 1.82) is 0 Å². The van der Waals surface area contributed by atoms with E-state index in [-0.39, 0.29) is 11.2 Å². The number of amides is 1. The van der Waals surface area contributed by atoms with E-state index in [1.165, 1.54) is 11.8 Å². The van der Waals surface area contributed by atoms with Gasteiger partial charge in [0.2, 0.25) is 5.91 Å². The fourth-order valence-electron chi connectivity index (χ4n) is 2.93. The van der Waals surface area contributed by atoms with Crippen LogP contribution in [0.15, 0.2) is 72.4 Å². The highest BCUT2D eigenvalue weighted by atomic mass is 32.2. The molecule has 0 bridgehead atoms. The topological polar surface area (TPSA) is 51.0 Å². The number of carbonyl (C=O) groups excluding carboxylic acids is 1. The number of hydrogen-bond donors (Lipinski definition) is 0. The first-order valence-electron chi connectivity index (χ1n) is 9.11. The Labute approximate surface area is 170 Å². The fraction of sp³-hybridized carbons (Fsp3) is 0.227. The molecule has 28 heavy (non-hydrogen) atoms. The molecule has 0 aliphatic heterocycles. The molecule has 1 aromatic heterocycles. The van der Waals surface area contributed by atoms with Crippen molar-refractivity contribution in [2.75, 3.05) is 11.9 Å². The molecular weight excluding hydrogens is 368 g/mol. The number of allylic oxidation sites excluding steroid dienone is 1. The van der Waals surface area contributed by atoms with Gasteiger partial charge in [0.25, 0.3) is 0 Å². The molecule has 0 saturated carbocycles. The summed E-state index contributed by atoms with van der Waals surface area (Å²) in [5.41, 5.74) is 3.03. The summed E-state index contributed by atoms with van der Waals surface area (Å²) in [6.45, 7) is 8.37. The molecule has 3 rings (SSSR count). The zero-order valence-corrected chi connectivity index (χ0v) is 17.2. The van der Waals surface area contributed by atoms with Crippen LogP contribution in [-0.2, 0) is 11.3 Å². The Hall–Kier alpha value is -2.86. The fourth-order valence-corrected chi connectivity index (χ4v) is 3.88. The zero-order valence-electron chi connectivity index (χ0n) is 16.4. The number of thioether (sulfide) groups is 1. The van der Waals surface area contributed by atoms with Gasteiger partial charge in [0.15, 0.2) is 11.0 Å². The lowest BCUT2D eigenvalue weighted by atomic mass is 10.1. The van der Waals surface area contributed by atoms with Gasteiger partial charge in [-0.25, -0.2) is 0 Å². The van der Waals surface area contributed by atoms with E-state index in [0.29, 0.717) is 11.7 Å². The van der Waals surface area contributed by atoms with E-state index in [0.717, 1.165) is 22.6 Å². The lowest BCUT2D eigenvalue weighted by Crippen LogP contribution is -2.33. The standard InChI is InChI=1S/C22H24N4OS/c1-5-14-26-20(18-11-9-10-16(2)15-18)23-24-22(26)28-17(3)21(27)25(4)19-12-7-6-8-13-19/h5-13,15,17H,1,14H2,2-4H3. The molecule has 3 aromatic rings. The summed E-state index contributed by atoms with van der Waals surface area (Å²) in [7, 11) is 1.79. The summed E-state index contributed by atoms with van der Waals surface area (Å²) in [5.74, 6) is 0.795. The van der Waals surface area contributed by atoms with Crippen LogP contribution in [0, 0.1) is 6.92 Å². The minimum absolute atomic E-state index is 0.0152. The second kappa shape index (κ2) is 8.89. The Morgan fingerprint density at radius 1 is 1.21 bits per heavy atom. The van der Waals surface area contributed by atoms with Crippen LogP contribution in [0.5, 0.6) is 0 Å². The first-order chi connectivity index (χ1) is 13.5. The summed E-state index contributed by atoms with van der Waals surface area (Å²) >= 11 is 1.41. The summed E-state index contributed by atoms with van der Waals surface area (Å²) < 4.78 is 2.00. The minimum atomic E-state index is -0.302. The van der Waals surface area contributed by atoms with E-state index in [1.54, 1.807) is 11.9 Å². The smallest absolute Gasteiger partial charge is 0.240 e. The third kappa shape index (κ3) is 4.34. The molecule has 1 amide bonds. The lowest BCUT2D eigenvalue weighted by molar-refractivity contribution is -0.117. The van der Waals surface area contributed by atoms with Crippen molar-refractivity contribution in [3.05, 3.63) is 72.8 Å². The second-order valence-corrected chi connectivity index (χ2v) is 7.88. The number of nitrogens with zero attached hydrogens (tertiary/aromatic N) is 4. The van der Waals surface area contributed by atoms with Crippen molar-refractivity contribution in [3.8, 4) is 11.4 Å². The van der Waals surface area contributed by atoms with E-state index in [4.69, 9.17) is 0 Å². The van der Waals surface area contributed by atoms with Crippen LogP contribution in [0.2, 0.25) is 0 Å². The monoisotopic (exact) mass is 392 g/mol. The van der Waals surface area contributed by atoms with Gasteiger partial charge in [-0.2, -0.15) is 0 Å². The highest BCUT2D eigenvalue weighted by Gasteiger charge is 2.23. The third-order valence-electron chi connectivity index (χ3n) is 4.41. The molecule has 0 N–H and O–H groups in total. The van der Waals surface area contributed by atoms with E-state index in [9.17, 15) is 4.79 Å². The van der Waals surface area contributed by atoms with Crippen LogP contribution in [0.1, 0.15) is 12.5 Å². The highest BCUT2D eigenvalue weighted by Crippen LogP contribution is 2.28. The lowest BCUT2D eigenvalue weighted by Gasteiger charge is -2.21. The molecule has 0 spiro atoms. The normalized spacial score (nSPS) is 11.8. The quantitative estimate of drug-likeness (QED) is 0.436. The SMILES string of the molecule is C=CCn1c(SC(C)C(=O)N(C)c2ccccc2)nnc1-c1cccc(C)c1. The maximum atomic E-state index is 12.9. The van der Waals surface area contributed by atoms with Gasteiger partial charge in [-0.1, -0.05) is 59.8 Å². The van der Waals surface area contributed by atoms with E-state index in [1.807, 2.05) is 73.0 Å². The number of hydrogen-bond acceptors (Lipinski definition) is 4. The van der Waals surface area contributed by atoms with Crippen LogP contribution in [0.25, 0.3) is 11.4 Å². The van der Waals surface area contributed by atoms with Crippen LogP contribution in [0.4, 0.5) is 5.69 Å². The highest BCUT2D eigenvalue weighted by molar-refractivity contribution is 8.00. The third-order valence-corrected chi connectivity index (χ3v) is 5.48. The molecular formula is C22H24N4OS. The predicted molar refractivity (Wildman–Crippen MR) is 116 cm³/mol. The van der Waals surface area contributed by atoms with Gasteiger partial charge in [0.05, 0.1) is 5.25 Å². The van der Waals surface area contributed by atoms with Gasteiger partial charge in [-0.3, -0.25) is 9.36 Å². The Bertz CT molecular complexity index is 968. The van der Waals surface area contributed by atoms with E-state index >= 15 is 0 Å². The maximum absolute atomic E-state index is 12.9. The molecule has 0 radical (unpaired) electrons. The Kier molecular flexibility index (Phi) is 6.31. The van der Waals surface area contributed by atoms with E-state index in [2.05, 4.69) is 22.8 Å². The van der Waals surface area contributed by atoms with Crippen LogP contribution < -0.4 is 4.90 Å². The summed E-state index contributed by atoms with van der Waals surface area (Å²) in [6.07, 6.45) is 1.81. The molecule has 2 aromatic carbocycles. The van der Waals surface area contributed by atoms with Gasteiger partial charge >= 0.3 is 0 Å². The molecule has 1 atom stereocenters. The molecule has 0 saturated heterocycles. The van der Waals surface area contributed by atoms with Crippen molar-refractivity contribution < 1.29 is 4.79 Å². The van der Waals surface area contributed by atoms with Gasteiger partial charge in [0, 0.05) is 24.8 Å². The van der Waals surface area contributed by atoms with Crippen molar-refractivity contribution in [2.45, 2.75) is 30.8 Å². The zero-order chi connectivity index (χ0) is 20.1.